The fraction of sp³-hybridized carbons (Fsp3) is 0.455. The second-order valence-electron chi connectivity index (χ2n) is 3.74. The van der Waals surface area contributed by atoms with Crippen LogP contribution in [0.15, 0.2) is 18.2 Å². The monoisotopic (exact) mass is 287 g/mol. The van der Waals surface area contributed by atoms with E-state index in [9.17, 15) is 22.7 Å². The first-order valence-corrected chi connectivity index (χ1v) is 5.07. The minimum Gasteiger partial charge on any atom is -0.391 e. The van der Waals surface area contributed by atoms with Crippen LogP contribution in [0.3, 0.4) is 0 Å². The van der Waals surface area contributed by atoms with Crippen LogP contribution >= 0.6 is 12.4 Å². The molecule has 0 saturated carbocycles. The Morgan fingerprint density at radius 3 is 2.33 bits per heavy atom. The van der Waals surface area contributed by atoms with Gasteiger partial charge in [-0.3, -0.25) is 0 Å². The second-order valence-corrected chi connectivity index (χ2v) is 3.74. The fourth-order valence-electron chi connectivity index (χ4n) is 1.44. The number of alkyl halides is 3. The maximum Gasteiger partial charge on any atom is 0.419 e. The third-order valence-electron chi connectivity index (χ3n) is 2.51. The summed E-state index contributed by atoms with van der Waals surface area (Å²) >= 11 is 0. The maximum atomic E-state index is 13.0. The molecular formula is C11H14ClF4NO. The summed E-state index contributed by atoms with van der Waals surface area (Å²) in [6.45, 7) is 1.65. The third-order valence-corrected chi connectivity index (χ3v) is 2.51. The maximum absolute atomic E-state index is 13.0. The summed E-state index contributed by atoms with van der Waals surface area (Å²) in [6.07, 6.45) is -5.42. The van der Waals surface area contributed by atoms with Gasteiger partial charge >= 0.3 is 6.18 Å². The number of hydrogen-bond donors (Lipinski definition) is 2. The van der Waals surface area contributed by atoms with Gasteiger partial charge < -0.3 is 10.8 Å². The smallest absolute Gasteiger partial charge is 0.391 e. The molecule has 1 aromatic carbocycles. The Bertz CT molecular complexity index is 397. The first-order chi connectivity index (χ1) is 7.77. The van der Waals surface area contributed by atoms with Crippen molar-refractivity contribution in [3.05, 3.63) is 35.1 Å². The van der Waals surface area contributed by atoms with E-state index in [1.165, 1.54) is 0 Å². The number of halogens is 5. The molecule has 0 heterocycles. The minimum atomic E-state index is -4.77. The molecule has 0 saturated heterocycles. The van der Waals surface area contributed by atoms with Gasteiger partial charge in [0.1, 0.15) is 5.82 Å². The van der Waals surface area contributed by atoms with Crippen molar-refractivity contribution in [3.8, 4) is 0 Å². The molecule has 0 bridgehead atoms. The zero-order valence-electron chi connectivity index (χ0n) is 9.54. The molecule has 104 valence electrons. The van der Waals surface area contributed by atoms with Gasteiger partial charge in [0.25, 0.3) is 0 Å². The van der Waals surface area contributed by atoms with Crippen LogP contribution in [0.5, 0.6) is 0 Å². The molecule has 2 nitrogen and oxygen atoms in total. The van der Waals surface area contributed by atoms with E-state index in [0.29, 0.717) is 18.6 Å². The molecule has 3 N–H and O–H groups in total. The largest absolute Gasteiger partial charge is 0.419 e. The number of aliphatic hydroxyl groups excluding tert-OH is 1. The lowest BCUT2D eigenvalue weighted by Crippen LogP contribution is -2.26. The Morgan fingerprint density at radius 1 is 1.33 bits per heavy atom. The van der Waals surface area contributed by atoms with Gasteiger partial charge in [0.15, 0.2) is 0 Å². The highest BCUT2D eigenvalue weighted by Gasteiger charge is 2.34. The lowest BCUT2D eigenvalue weighted by atomic mass is 9.98. The normalized spacial score (nSPS) is 14.8. The SMILES string of the molecule is CC[C@H](O)[C@H](N)c1ccc(F)c(C(F)(F)F)c1.Cl. The molecule has 0 aliphatic carbocycles. The number of aliphatic hydroxyl groups is 1. The summed E-state index contributed by atoms with van der Waals surface area (Å²) < 4.78 is 50.3. The van der Waals surface area contributed by atoms with E-state index in [1.54, 1.807) is 6.92 Å². The summed E-state index contributed by atoms with van der Waals surface area (Å²) in [5, 5.41) is 9.44. The Hall–Kier alpha value is -0.850. The lowest BCUT2D eigenvalue weighted by molar-refractivity contribution is -0.140. The van der Waals surface area contributed by atoms with Crippen LogP contribution in [0.25, 0.3) is 0 Å². The zero-order chi connectivity index (χ0) is 13.2. The first-order valence-electron chi connectivity index (χ1n) is 5.07. The Labute approximate surface area is 108 Å². The molecule has 0 spiro atoms. The fourth-order valence-corrected chi connectivity index (χ4v) is 1.44. The molecule has 0 aliphatic heterocycles. The standard InChI is InChI=1S/C11H13F4NO.ClH/c1-2-9(17)10(16)6-3-4-8(12)7(5-6)11(13,14)15;/h3-5,9-10,17H,2,16H2,1H3;1H/t9-,10+;/m0./s1. The molecule has 1 rings (SSSR count). The molecule has 0 fully saturated rings. The molecule has 1 aromatic rings. The molecule has 18 heavy (non-hydrogen) atoms. The van der Waals surface area contributed by atoms with Crippen molar-refractivity contribution < 1.29 is 22.7 Å². The lowest BCUT2D eigenvalue weighted by Gasteiger charge is -2.19. The summed E-state index contributed by atoms with van der Waals surface area (Å²) in [6, 6.07) is 1.54. The van der Waals surface area contributed by atoms with Gasteiger partial charge in [-0.25, -0.2) is 4.39 Å². The Kier molecular flexibility index (Phi) is 6.06. The molecule has 2 atom stereocenters. The molecule has 0 aromatic heterocycles. The van der Waals surface area contributed by atoms with Crippen molar-refractivity contribution in [1.82, 2.24) is 0 Å². The highest BCUT2D eigenvalue weighted by molar-refractivity contribution is 5.85. The van der Waals surface area contributed by atoms with E-state index >= 15 is 0 Å². The molecule has 0 aliphatic rings. The molecule has 0 radical (unpaired) electrons. The van der Waals surface area contributed by atoms with Crippen LogP contribution in [0.2, 0.25) is 0 Å². The van der Waals surface area contributed by atoms with Gasteiger partial charge in [0.2, 0.25) is 0 Å². The number of benzene rings is 1. The second kappa shape index (κ2) is 6.36. The number of nitrogens with two attached hydrogens (primary N) is 1. The number of rotatable bonds is 3. The summed E-state index contributed by atoms with van der Waals surface area (Å²) in [5.74, 6) is -1.35. The van der Waals surface area contributed by atoms with Crippen molar-refractivity contribution in [2.45, 2.75) is 31.7 Å². The van der Waals surface area contributed by atoms with Crippen LogP contribution < -0.4 is 5.73 Å². The van der Waals surface area contributed by atoms with Crippen molar-refractivity contribution in [2.75, 3.05) is 0 Å². The topological polar surface area (TPSA) is 46.2 Å². The van der Waals surface area contributed by atoms with E-state index in [-0.39, 0.29) is 18.0 Å². The molecular weight excluding hydrogens is 274 g/mol. The van der Waals surface area contributed by atoms with E-state index in [2.05, 4.69) is 0 Å². The van der Waals surface area contributed by atoms with Gasteiger partial charge in [0, 0.05) is 0 Å². The van der Waals surface area contributed by atoms with Gasteiger partial charge in [-0.1, -0.05) is 13.0 Å². The quantitative estimate of drug-likeness (QED) is 0.840. The Morgan fingerprint density at radius 2 is 1.89 bits per heavy atom. The van der Waals surface area contributed by atoms with E-state index in [0.717, 1.165) is 6.07 Å². The first kappa shape index (κ1) is 17.2. The Balaban J connectivity index is 0.00000289. The average molecular weight is 288 g/mol. The average Bonchev–Trinajstić information content (AvgIpc) is 2.26. The molecule has 0 unspecified atom stereocenters. The van der Waals surface area contributed by atoms with Gasteiger partial charge in [-0.05, 0) is 24.1 Å². The van der Waals surface area contributed by atoms with Crippen LogP contribution in [0.4, 0.5) is 17.6 Å². The predicted molar refractivity (Wildman–Crippen MR) is 61.9 cm³/mol. The molecule has 0 amide bonds. The van der Waals surface area contributed by atoms with Crippen LogP contribution in [0, 0.1) is 5.82 Å². The van der Waals surface area contributed by atoms with E-state index in [4.69, 9.17) is 5.73 Å². The van der Waals surface area contributed by atoms with Crippen LogP contribution in [0.1, 0.15) is 30.5 Å². The van der Waals surface area contributed by atoms with Crippen molar-refractivity contribution in [1.29, 1.82) is 0 Å². The highest BCUT2D eigenvalue weighted by Crippen LogP contribution is 2.33. The van der Waals surface area contributed by atoms with Crippen molar-refractivity contribution in [3.63, 3.8) is 0 Å². The third kappa shape index (κ3) is 3.83. The van der Waals surface area contributed by atoms with E-state index in [1.807, 2.05) is 0 Å². The minimum absolute atomic E-state index is 0. The predicted octanol–water partition coefficient (Wildman–Crippen LogP) is 3.04. The van der Waals surface area contributed by atoms with Crippen molar-refractivity contribution in [2.24, 2.45) is 5.73 Å². The van der Waals surface area contributed by atoms with Crippen LogP contribution in [-0.2, 0) is 6.18 Å². The summed E-state index contributed by atoms with van der Waals surface area (Å²) in [4.78, 5) is 0. The van der Waals surface area contributed by atoms with Crippen LogP contribution in [-0.4, -0.2) is 11.2 Å². The summed E-state index contributed by atoms with van der Waals surface area (Å²) in [5.41, 5.74) is 4.27. The zero-order valence-corrected chi connectivity index (χ0v) is 10.4. The molecule has 7 heteroatoms. The number of hydrogen-bond acceptors (Lipinski definition) is 2. The van der Waals surface area contributed by atoms with Gasteiger partial charge in [-0.2, -0.15) is 13.2 Å². The van der Waals surface area contributed by atoms with E-state index < -0.39 is 29.7 Å². The van der Waals surface area contributed by atoms with Gasteiger partial charge in [0.05, 0.1) is 17.7 Å². The highest BCUT2D eigenvalue weighted by atomic mass is 35.5. The van der Waals surface area contributed by atoms with Crippen molar-refractivity contribution >= 4 is 12.4 Å². The van der Waals surface area contributed by atoms with Gasteiger partial charge in [-0.15, -0.1) is 12.4 Å². The summed E-state index contributed by atoms with van der Waals surface area (Å²) in [7, 11) is 0.